The quantitative estimate of drug-likeness (QED) is 0.616. The summed E-state index contributed by atoms with van der Waals surface area (Å²) in [5.41, 5.74) is -0.393. The van der Waals surface area contributed by atoms with E-state index in [4.69, 9.17) is 0 Å². The number of rotatable bonds is 3. The minimum atomic E-state index is -0.393. The molecule has 0 saturated carbocycles. The lowest BCUT2D eigenvalue weighted by molar-refractivity contribution is 0.0325. The molecule has 0 radical (unpaired) electrons. The number of nitrogens with zero attached hydrogens (tertiary/aromatic N) is 1. The van der Waals surface area contributed by atoms with Crippen molar-refractivity contribution in [2.75, 3.05) is 32.7 Å². The molecule has 2 aliphatic rings. The van der Waals surface area contributed by atoms with Gasteiger partial charge in [-0.05, 0) is 38.9 Å². The molecule has 1 unspecified atom stereocenters. The fourth-order valence-electron chi connectivity index (χ4n) is 1.92. The van der Waals surface area contributed by atoms with Gasteiger partial charge < -0.3 is 15.3 Å². The molecule has 3 nitrogen and oxygen atoms in total. The van der Waals surface area contributed by atoms with Crippen LogP contribution in [0.15, 0.2) is 0 Å². The van der Waals surface area contributed by atoms with Crippen LogP contribution < -0.4 is 5.32 Å². The van der Waals surface area contributed by atoms with Gasteiger partial charge in [0, 0.05) is 13.1 Å². The second-order valence-corrected chi connectivity index (χ2v) is 4.10. The second kappa shape index (κ2) is 3.32. The van der Waals surface area contributed by atoms with E-state index in [2.05, 4.69) is 10.2 Å². The fraction of sp³-hybridized carbons (Fsp3) is 1.00. The predicted molar refractivity (Wildman–Crippen MR) is 48.1 cm³/mol. The molecule has 0 aromatic rings. The number of aliphatic hydroxyl groups is 1. The maximum absolute atomic E-state index is 9.97. The standard InChI is InChI=1S/C9H18N2O/c12-9(2-4-10-8-9)3-7-11-5-1-6-11/h10,12H,1-8H2. The molecule has 2 fully saturated rings. The summed E-state index contributed by atoms with van der Waals surface area (Å²) in [5, 5.41) is 13.2. The number of hydrogen-bond acceptors (Lipinski definition) is 3. The van der Waals surface area contributed by atoms with Crippen LogP contribution in [0.3, 0.4) is 0 Å². The largest absolute Gasteiger partial charge is 0.388 e. The van der Waals surface area contributed by atoms with E-state index < -0.39 is 5.60 Å². The van der Waals surface area contributed by atoms with E-state index in [1.54, 1.807) is 0 Å². The first-order valence-electron chi connectivity index (χ1n) is 4.94. The summed E-state index contributed by atoms with van der Waals surface area (Å²) in [6, 6.07) is 0. The Bertz CT molecular complexity index is 151. The van der Waals surface area contributed by atoms with Crippen molar-refractivity contribution in [2.24, 2.45) is 0 Å². The van der Waals surface area contributed by atoms with Gasteiger partial charge >= 0.3 is 0 Å². The molecule has 2 aliphatic heterocycles. The van der Waals surface area contributed by atoms with Gasteiger partial charge in [0.25, 0.3) is 0 Å². The molecular formula is C9H18N2O. The molecule has 0 aromatic carbocycles. The van der Waals surface area contributed by atoms with Gasteiger partial charge in [0.15, 0.2) is 0 Å². The molecule has 2 rings (SSSR count). The molecule has 3 heteroatoms. The highest BCUT2D eigenvalue weighted by Gasteiger charge is 2.31. The van der Waals surface area contributed by atoms with E-state index in [1.807, 2.05) is 0 Å². The maximum Gasteiger partial charge on any atom is 0.0795 e. The zero-order valence-electron chi connectivity index (χ0n) is 7.55. The lowest BCUT2D eigenvalue weighted by atomic mass is 9.98. The summed E-state index contributed by atoms with van der Waals surface area (Å²) in [5.74, 6) is 0. The molecule has 2 N–H and O–H groups in total. The summed E-state index contributed by atoms with van der Waals surface area (Å²) in [6.07, 6.45) is 3.22. The molecule has 1 atom stereocenters. The topological polar surface area (TPSA) is 35.5 Å². The van der Waals surface area contributed by atoms with E-state index >= 15 is 0 Å². The normalized spacial score (nSPS) is 36.8. The van der Waals surface area contributed by atoms with Crippen LogP contribution in [0.25, 0.3) is 0 Å². The molecule has 0 bridgehead atoms. The first-order chi connectivity index (χ1) is 5.79. The van der Waals surface area contributed by atoms with Crippen LogP contribution in [-0.2, 0) is 0 Å². The molecule has 12 heavy (non-hydrogen) atoms. The minimum absolute atomic E-state index is 0.393. The highest BCUT2D eigenvalue weighted by Crippen LogP contribution is 2.20. The minimum Gasteiger partial charge on any atom is -0.388 e. The van der Waals surface area contributed by atoms with Crippen LogP contribution in [-0.4, -0.2) is 48.3 Å². The van der Waals surface area contributed by atoms with Crippen molar-refractivity contribution in [1.82, 2.24) is 10.2 Å². The van der Waals surface area contributed by atoms with Crippen molar-refractivity contribution in [3.05, 3.63) is 0 Å². The van der Waals surface area contributed by atoms with Crippen molar-refractivity contribution in [1.29, 1.82) is 0 Å². The lowest BCUT2D eigenvalue weighted by Crippen LogP contribution is -2.42. The summed E-state index contributed by atoms with van der Waals surface area (Å²) in [7, 11) is 0. The molecular weight excluding hydrogens is 152 g/mol. The Morgan fingerprint density at radius 3 is 2.75 bits per heavy atom. The van der Waals surface area contributed by atoms with Crippen LogP contribution in [0, 0.1) is 0 Å². The molecule has 0 aromatic heterocycles. The van der Waals surface area contributed by atoms with Crippen molar-refractivity contribution in [2.45, 2.75) is 24.9 Å². The van der Waals surface area contributed by atoms with E-state index in [9.17, 15) is 5.11 Å². The molecule has 2 saturated heterocycles. The summed E-state index contributed by atoms with van der Waals surface area (Å²) in [6.45, 7) is 5.34. The van der Waals surface area contributed by atoms with Gasteiger partial charge in [0.1, 0.15) is 0 Å². The first kappa shape index (κ1) is 8.48. The lowest BCUT2D eigenvalue weighted by Gasteiger charge is -2.33. The van der Waals surface area contributed by atoms with Crippen LogP contribution in [0.2, 0.25) is 0 Å². The SMILES string of the molecule is OC1(CCN2CCC2)CCNC1. The van der Waals surface area contributed by atoms with Crippen LogP contribution in [0.1, 0.15) is 19.3 Å². The number of β-amino-alcohol motifs (C(OH)–C–C–N with tert-alkyl or cyclic N) is 1. The van der Waals surface area contributed by atoms with Gasteiger partial charge in [-0.1, -0.05) is 0 Å². The molecule has 0 aliphatic carbocycles. The van der Waals surface area contributed by atoms with Gasteiger partial charge in [0.2, 0.25) is 0 Å². The average Bonchev–Trinajstić information content (AvgIpc) is 2.33. The monoisotopic (exact) mass is 170 g/mol. The Kier molecular flexibility index (Phi) is 2.35. The Morgan fingerprint density at radius 1 is 1.42 bits per heavy atom. The van der Waals surface area contributed by atoms with E-state index in [-0.39, 0.29) is 0 Å². The van der Waals surface area contributed by atoms with E-state index in [0.29, 0.717) is 0 Å². The number of likely N-dealkylation sites (tertiary alicyclic amines) is 1. The van der Waals surface area contributed by atoms with Gasteiger partial charge in [0.05, 0.1) is 5.60 Å². The third-order valence-electron chi connectivity index (χ3n) is 3.06. The van der Waals surface area contributed by atoms with Crippen molar-refractivity contribution in [3.63, 3.8) is 0 Å². The maximum atomic E-state index is 9.97. The third-order valence-corrected chi connectivity index (χ3v) is 3.06. The van der Waals surface area contributed by atoms with Gasteiger partial charge in [-0.25, -0.2) is 0 Å². The van der Waals surface area contributed by atoms with Gasteiger partial charge in [-0.2, -0.15) is 0 Å². The zero-order chi connectivity index (χ0) is 8.44. The predicted octanol–water partition coefficient (Wildman–Crippen LogP) is -0.193. The molecule has 0 spiro atoms. The number of hydrogen-bond donors (Lipinski definition) is 2. The van der Waals surface area contributed by atoms with Gasteiger partial charge in [-0.3, -0.25) is 0 Å². The highest BCUT2D eigenvalue weighted by molar-refractivity contribution is 4.88. The Labute approximate surface area is 73.8 Å². The highest BCUT2D eigenvalue weighted by atomic mass is 16.3. The summed E-state index contributed by atoms with van der Waals surface area (Å²) >= 11 is 0. The van der Waals surface area contributed by atoms with Crippen LogP contribution >= 0.6 is 0 Å². The first-order valence-corrected chi connectivity index (χ1v) is 4.94. The fourth-order valence-corrected chi connectivity index (χ4v) is 1.92. The summed E-state index contributed by atoms with van der Waals surface area (Å²) < 4.78 is 0. The van der Waals surface area contributed by atoms with Crippen LogP contribution in [0.4, 0.5) is 0 Å². The summed E-state index contributed by atoms with van der Waals surface area (Å²) in [4.78, 5) is 2.41. The van der Waals surface area contributed by atoms with Crippen molar-refractivity contribution in [3.8, 4) is 0 Å². The number of nitrogens with one attached hydrogen (secondary N) is 1. The van der Waals surface area contributed by atoms with Crippen molar-refractivity contribution >= 4 is 0 Å². The van der Waals surface area contributed by atoms with Gasteiger partial charge in [-0.15, -0.1) is 0 Å². The smallest absolute Gasteiger partial charge is 0.0795 e. The Morgan fingerprint density at radius 2 is 2.25 bits per heavy atom. The second-order valence-electron chi connectivity index (χ2n) is 4.10. The Balaban J connectivity index is 1.70. The molecule has 2 heterocycles. The van der Waals surface area contributed by atoms with Crippen LogP contribution in [0.5, 0.6) is 0 Å². The van der Waals surface area contributed by atoms with Crippen molar-refractivity contribution < 1.29 is 5.11 Å². The Hall–Kier alpha value is -0.120. The average molecular weight is 170 g/mol. The molecule has 0 amide bonds. The van der Waals surface area contributed by atoms with E-state index in [0.717, 1.165) is 32.5 Å². The third kappa shape index (κ3) is 1.79. The molecule has 70 valence electrons. The van der Waals surface area contributed by atoms with E-state index in [1.165, 1.54) is 19.5 Å². The zero-order valence-corrected chi connectivity index (χ0v) is 7.55.